The van der Waals surface area contributed by atoms with E-state index in [0.717, 1.165) is 50.7 Å². The molecule has 6 nitrogen and oxygen atoms in total. The molecule has 4 rings (SSSR count). The molecule has 0 aliphatic rings. The number of carbonyl (C=O) groups is 1. The van der Waals surface area contributed by atoms with Gasteiger partial charge in [0.05, 0.1) is 18.9 Å². The molecule has 0 fully saturated rings. The second-order valence-electron chi connectivity index (χ2n) is 8.15. The fourth-order valence-corrected chi connectivity index (χ4v) is 4.58. The molecule has 7 heteroatoms. The topological polar surface area (TPSA) is 73.6 Å². The molecular formula is C26H28N2O4S. The second kappa shape index (κ2) is 9.67. The lowest BCUT2D eigenvalue weighted by Crippen LogP contribution is -2.14. The number of carboxylic acids is 1. The van der Waals surface area contributed by atoms with E-state index in [0.29, 0.717) is 13.2 Å². The van der Waals surface area contributed by atoms with Gasteiger partial charge >= 0.3 is 5.97 Å². The van der Waals surface area contributed by atoms with E-state index in [-0.39, 0.29) is 0 Å². The lowest BCUT2D eigenvalue weighted by molar-refractivity contribution is -0.140. The summed E-state index contributed by atoms with van der Waals surface area (Å²) < 4.78 is 13.5. The van der Waals surface area contributed by atoms with Crippen molar-refractivity contribution in [3.05, 3.63) is 64.8 Å². The fourth-order valence-electron chi connectivity index (χ4n) is 3.66. The average Bonchev–Trinajstić information content (AvgIpc) is 3.32. The van der Waals surface area contributed by atoms with E-state index in [2.05, 4.69) is 11.9 Å². The van der Waals surface area contributed by atoms with E-state index >= 15 is 0 Å². The van der Waals surface area contributed by atoms with Crippen molar-refractivity contribution in [2.45, 2.75) is 40.2 Å². The summed E-state index contributed by atoms with van der Waals surface area (Å²) in [6.45, 7) is 8.87. The third kappa shape index (κ3) is 5.03. The van der Waals surface area contributed by atoms with Crippen LogP contribution in [0.15, 0.2) is 48.7 Å². The van der Waals surface area contributed by atoms with Gasteiger partial charge in [0.2, 0.25) is 0 Å². The highest BCUT2D eigenvalue weighted by atomic mass is 32.1. The minimum atomic E-state index is -0.852. The van der Waals surface area contributed by atoms with E-state index in [1.807, 2.05) is 62.5 Å². The molecule has 33 heavy (non-hydrogen) atoms. The van der Waals surface area contributed by atoms with E-state index in [9.17, 15) is 9.90 Å². The summed E-state index contributed by atoms with van der Waals surface area (Å²) >= 11 is 1.71. The Kier molecular flexibility index (Phi) is 6.70. The summed E-state index contributed by atoms with van der Waals surface area (Å²) in [6.07, 6.45) is 2.63. The Morgan fingerprint density at radius 1 is 1.06 bits per heavy atom. The van der Waals surface area contributed by atoms with Crippen LogP contribution < -0.4 is 9.47 Å². The van der Waals surface area contributed by atoms with Crippen molar-refractivity contribution < 1.29 is 19.4 Å². The molecule has 1 unspecified atom stereocenters. The third-order valence-corrected chi connectivity index (χ3v) is 6.86. The molecule has 4 aromatic rings. The van der Waals surface area contributed by atoms with E-state index in [4.69, 9.17) is 9.47 Å². The first-order valence-electron chi connectivity index (χ1n) is 11.0. The maximum absolute atomic E-state index is 11.4. The van der Waals surface area contributed by atoms with Gasteiger partial charge in [-0.15, -0.1) is 11.3 Å². The summed E-state index contributed by atoms with van der Waals surface area (Å²) in [6, 6.07) is 13.2. The molecular weight excluding hydrogens is 436 g/mol. The summed E-state index contributed by atoms with van der Waals surface area (Å²) in [7, 11) is 0. The van der Waals surface area contributed by atoms with Gasteiger partial charge in [-0.05, 0) is 75.7 Å². The van der Waals surface area contributed by atoms with Crippen LogP contribution in [0, 0.1) is 20.8 Å². The number of ether oxygens (including phenoxy) is 2. The number of aliphatic carboxylic acids is 1. The van der Waals surface area contributed by atoms with Crippen molar-refractivity contribution >= 4 is 28.2 Å². The van der Waals surface area contributed by atoms with Gasteiger partial charge in [0.15, 0.2) is 0 Å². The largest absolute Gasteiger partial charge is 0.493 e. The molecule has 0 radical (unpaired) electrons. The van der Waals surface area contributed by atoms with Crippen LogP contribution in [0.3, 0.4) is 0 Å². The lowest BCUT2D eigenvalue weighted by atomic mass is 10.2. The number of nitrogens with zero attached hydrogens (tertiary/aromatic N) is 2. The van der Waals surface area contributed by atoms with Crippen molar-refractivity contribution in [2.75, 3.05) is 13.2 Å². The highest BCUT2D eigenvalue weighted by molar-refractivity contribution is 7.15. The van der Waals surface area contributed by atoms with Crippen LogP contribution in [0.1, 0.15) is 35.5 Å². The maximum atomic E-state index is 11.4. The average molecular weight is 465 g/mol. The first-order chi connectivity index (χ1) is 15.8. The number of aromatic nitrogens is 2. The summed E-state index contributed by atoms with van der Waals surface area (Å²) in [5.41, 5.74) is 4.10. The molecule has 0 amide bonds. The molecule has 2 aromatic heterocycles. The monoisotopic (exact) mass is 464 g/mol. The standard InChI is InChI=1S/C26H28N2O4S/c1-16-15-28(18(3)26(29)30)24-11-10-22(14-23(16)24)32-13-5-12-31-21-8-6-20(7-9-21)25-27-17(2)19(4)33-25/h6-11,14-15,18H,5,12-13H2,1-4H3,(H,29,30). The van der Waals surface area contributed by atoms with E-state index in [1.165, 1.54) is 4.88 Å². The van der Waals surface area contributed by atoms with Gasteiger partial charge in [-0.25, -0.2) is 9.78 Å². The van der Waals surface area contributed by atoms with Crippen molar-refractivity contribution in [3.63, 3.8) is 0 Å². The highest BCUT2D eigenvalue weighted by Crippen LogP contribution is 2.29. The zero-order chi connectivity index (χ0) is 23.5. The van der Waals surface area contributed by atoms with Crippen molar-refractivity contribution in [3.8, 4) is 22.1 Å². The van der Waals surface area contributed by atoms with E-state index < -0.39 is 12.0 Å². The van der Waals surface area contributed by atoms with Crippen LogP contribution in [0.2, 0.25) is 0 Å². The van der Waals surface area contributed by atoms with Crippen LogP contribution in [-0.2, 0) is 4.79 Å². The summed E-state index contributed by atoms with van der Waals surface area (Å²) in [5, 5.41) is 11.4. The molecule has 0 spiro atoms. The molecule has 0 saturated carbocycles. The van der Waals surface area contributed by atoms with Gasteiger partial charge < -0.3 is 19.1 Å². The number of hydrogen-bond donors (Lipinski definition) is 1. The molecule has 0 bridgehead atoms. The number of rotatable bonds is 9. The number of aryl methyl sites for hydroxylation is 3. The quantitative estimate of drug-likeness (QED) is 0.299. The Bertz CT molecular complexity index is 1250. The van der Waals surface area contributed by atoms with Crippen LogP contribution in [-0.4, -0.2) is 33.8 Å². The number of carboxylic acid groups (broad SMARTS) is 1. The van der Waals surface area contributed by atoms with Crippen LogP contribution >= 0.6 is 11.3 Å². The van der Waals surface area contributed by atoms with Gasteiger partial charge in [-0.1, -0.05) is 0 Å². The normalized spacial score (nSPS) is 12.1. The van der Waals surface area contributed by atoms with Crippen LogP contribution in [0.5, 0.6) is 11.5 Å². The second-order valence-corrected chi connectivity index (χ2v) is 9.35. The Morgan fingerprint density at radius 2 is 1.73 bits per heavy atom. The van der Waals surface area contributed by atoms with Gasteiger partial charge in [0.1, 0.15) is 22.5 Å². The predicted octanol–water partition coefficient (Wildman–Crippen LogP) is 6.18. The SMILES string of the molecule is Cc1nc(-c2ccc(OCCCOc3ccc4c(c3)c(C)cn4C(C)C(=O)O)cc2)sc1C. The van der Waals surface area contributed by atoms with Gasteiger partial charge in [0, 0.05) is 34.0 Å². The molecule has 0 aliphatic carbocycles. The zero-order valence-electron chi connectivity index (χ0n) is 19.3. The first-order valence-corrected chi connectivity index (χ1v) is 11.8. The Morgan fingerprint density at radius 3 is 2.36 bits per heavy atom. The van der Waals surface area contributed by atoms with E-state index in [1.54, 1.807) is 22.8 Å². The molecule has 2 aromatic carbocycles. The van der Waals surface area contributed by atoms with Crippen molar-refractivity contribution in [1.82, 2.24) is 9.55 Å². The molecule has 1 atom stereocenters. The van der Waals surface area contributed by atoms with Crippen molar-refractivity contribution in [2.24, 2.45) is 0 Å². The number of benzene rings is 2. The number of fused-ring (bicyclic) bond motifs is 1. The lowest BCUT2D eigenvalue weighted by Gasteiger charge is -2.11. The predicted molar refractivity (Wildman–Crippen MR) is 132 cm³/mol. The third-order valence-electron chi connectivity index (χ3n) is 5.73. The molecule has 0 aliphatic heterocycles. The molecule has 2 heterocycles. The smallest absolute Gasteiger partial charge is 0.326 e. The minimum Gasteiger partial charge on any atom is -0.493 e. The summed E-state index contributed by atoms with van der Waals surface area (Å²) in [5.74, 6) is 0.745. The zero-order valence-corrected chi connectivity index (χ0v) is 20.1. The Labute approximate surface area is 197 Å². The highest BCUT2D eigenvalue weighted by Gasteiger charge is 2.17. The number of hydrogen-bond acceptors (Lipinski definition) is 5. The molecule has 1 N–H and O–H groups in total. The van der Waals surface area contributed by atoms with Crippen LogP contribution in [0.4, 0.5) is 0 Å². The van der Waals surface area contributed by atoms with Crippen LogP contribution in [0.25, 0.3) is 21.5 Å². The Hall–Kier alpha value is -3.32. The van der Waals surface area contributed by atoms with Gasteiger partial charge in [0.25, 0.3) is 0 Å². The maximum Gasteiger partial charge on any atom is 0.326 e. The fraction of sp³-hybridized carbons (Fsp3) is 0.308. The first kappa shape index (κ1) is 22.9. The Balaban J connectivity index is 1.28. The molecule has 172 valence electrons. The minimum absolute atomic E-state index is 0.534. The molecule has 0 saturated heterocycles. The van der Waals surface area contributed by atoms with Crippen molar-refractivity contribution in [1.29, 1.82) is 0 Å². The van der Waals surface area contributed by atoms with Gasteiger partial charge in [-0.3, -0.25) is 0 Å². The summed E-state index contributed by atoms with van der Waals surface area (Å²) in [4.78, 5) is 17.2. The number of thiazole rings is 1. The van der Waals surface area contributed by atoms with Gasteiger partial charge in [-0.2, -0.15) is 0 Å².